The van der Waals surface area contributed by atoms with Crippen LogP contribution in [0, 0.1) is 5.41 Å². The molecule has 0 bridgehead atoms. The zero-order chi connectivity index (χ0) is 7.78. The zero-order valence-electron chi connectivity index (χ0n) is 6.55. The molecule has 3 heteroatoms. The molecule has 1 aliphatic carbocycles. The predicted molar refractivity (Wildman–Crippen MR) is 45.8 cm³/mol. The Morgan fingerprint density at radius 1 is 1.55 bits per heavy atom. The molecule has 2 nitrogen and oxygen atoms in total. The molecular weight excluding hydrogens is 151 g/mol. The third-order valence-electron chi connectivity index (χ3n) is 2.17. The Morgan fingerprint density at radius 2 is 2.09 bits per heavy atom. The van der Waals surface area contributed by atoms with E-state index in [4.69, 9.17) is 5.11 Å². The van der Waals surface area contributed by atoms with Crippen molar-refractivity contribution in [3.05, 3.63) is 0 Å². The van der Waals surface area contributed by atoms with Crippen LogP contribution in [0.1, 0.15) is 33.1 Å². The minimum atomic E-state index is -0.691. The fourth-order valence-electron chi connectivity index (χ4n) is 1.37. The quantitative estimate of drug-likeness (QED) is 0.531. The summed E-state index contributed by atoms with van der Waals surface area (Å²) in [6, 6.07) is 0. The van der Waals surface area contributed by atoms with Crippen LogP contribution >= 0.6 is 0 Å². The van der Waals surface area contributed by atoms with Crippen LogP contribution in [0.2, 0.25) is 0 Å². The predicted octanol–water partition coefficient (Wildman–Crippen LogP) is 0.478. The van der Waals surface area contributed by atoms with Gasteiger partial charge in [-0.15, -0.1) is 0 Å². The van der Waals surface area contributed by atoms with Gasteiger partial charge in [0.05, 0.1) is 0 Å². The van der Waals surface area contributed by atoms with Gasteiger partial charge in [-0.1, -0.05) is 13.8 Å². The third-order valence-corrected chi connectivity index (χ3v) is 2.17. The summed E-state index contributed by atoms with van der Waals surface area (Å²) >= 11 is 0. The molecule has 1 saturated carbocycles. The van der Waals surface area contributed by atoms with Crippen LogP contribution in [0.3, 0.4) is 0 Å². The average Bonchev–Trinajstić information content (AvgIpc) is 1.79. The van der Waals surface area contributed by atoms with E-state index in [1.54, 1.807) is 0 Å². The van der Waals surface area contributed by atoms with Crippen molar-refractivity contribution < 1.29 is 9.90 Å². The summed E-state index contributed by atoms with van der Waals surface area (Å²) in [6.07, 6.45) is 1.41. The molecule has 1 fully saturated rings. The first-order valence-electron chi connectivity index (χ1n) is 3.72. The van der Waals surface area contributed by atoms with Crippen molar-refractivity contribution in [3.8, 4) is 0 Å². The van der Waals surface area contributed by atoms with Crippen molar-refractivity contribution in [1.82, 2.24) is 0 Å². The molecule has 11 heavy (non-hydrogen) atoms. The van der Waals surface area contributed by atoms with Crippen molar-refractivity contribution >= 4 is 35.3 Å². The fourth-order valence-corrected chi connectivity index (χ4v) is 1.37. The first-order chi connectivity index (χ1) is 4.51. The average molecular weight is 166 g/mol. The Kier molecular flexibility index (Phi) is 4.27. The number of aliphatic hydroxyl groups is 1. The molecule has 0 aliphatic heterocycles. The second kappa shape index (κ2) is 4.04. The SMILES string of the molecule is CC1(C)CCC(=O)C(O)C1.[NaH]. The van der Waals surface area contributed by atoms with Gasteiger partial charge in [0.1, 0.15) is 6.10 Å². The van der Waals surface area contributed by atoms with E-state index in [0.717, 1.165) is 6.42 Å². The van der Waals surface area contributed by atoms with E-state index < -0.39 is 6.10 Å². The van der Waals surface area contributed by atoms with Gasteiger partial charge in [0.25, 0.3) is 0 Å². The minimum absolute atomic E-state index is 0. The van der Waals surface area contributed by atoms with Gasteiger partial charge in [0.2, 0.25) is 0 Å². The molecule has 1 atom stereocenters. The van der Waals surface area contributed by atoms with E-state index in [1.165, 1.54) is 0 Å². The summed E-state index contributed by atoms with van der Waals surface area (Å²) in [5, 5.41) is 9.16. The van der Waals surface area contributed by atoms with Gasteiger partial charge in [0, 0.05) is 6.42 Å². The van der Waals surface area contributed by atoms with Crippen molar-refractivity contribution in [2.24, 2.45) is 5.41 Å². The van der Waals surface area contributed by atoms with Crippen LogP contribution in [0.5, 0.6) is 0 Å². The maximum absolute atomic E-state index is 10.8. The number of ketones is 1. The molecule has 0 radical (unpaired) electrons. The van der Waals surface area contributed by atoms with Crippen LogP contribution in [0.15, 0.2) is 0 Å². The van der Waals surface area contributed by atoms with Crippen LogP contribution in [-0.4, -0.2) is 46.6 Å². The van der Waals surface area contributed by atoms with Crippen LogP contribution in [-0.2, 0) is 4.79 Å². The molecular formula is C8H15NaO2. The first-order valence-corrected chi connectivity index (χ1v) is 3.72. The third kappa shape index (κ3) is 3.24. The Bertz CT molecular complexity index is 154. The van der Waals surface area contributed by atoms with E-state index in [-0.39, 0.29) is 40.8 Å². The van der Waals surface area contributed by atoms with Crippen molar-refractivity contribution in [2.75, 3.05) is 0 Å². The van der Waals surface area contributed by atoms with Gasteiger partial charge in [0.15, 0.2) is 5.78 Å². The van der Waals surface area contributed by atoms with E-state index in [0.29, 0.717) is 12.8 Å². The Labute approximate surface area is 89.7 Å². The van der Waals surface area contributed by atoms with Crippen LogP contribution in [0.4, 0.5) is 0 Å². The first kappa shape index (κ1) is 11.6. The summed E-state index contributed by atoms with van der Waals surface area (Å²) in [5.41, 5.74) is 0.160. The van der Waals surface area contributed by atoms with Gasteiger partial charge in [-0.05, 0) is 18.3 Å². The van der Waals surface area contributed by atoms with E-state index in [2.05, 4.69) is 13.8 Å². The molecule has 0 amide bonds. The van der Waals surface area contributed by atoms with Crippen LogP contribution in [0.25, 0.3) is 0 Å². The Hall–Kier alpha value is 0.630. The second-order valence-corrected chi connectivity index (χ2v) is 3.85. The van der Waals surface area contributed by atoms with E-state index in [1.807, 2.05) is 0 Å². The molecule has 60 valence electrons. The monoisotopic (exact) mass is 166 g/mol. The van der Waals surface area contributed by atoms with Crippen LogP contribution < -0.4 is 0 Å². The normalized spacial score (nSPS) is 29.4. The summed E-state index contributed by atoms with van der Waals surface area (Å²) in [7, 11) is 0. The molecule has 1 unspecified atom stereocenters. The van der Waals surface area contributed by atoms with Gasteiger partial charge in [-0.2, -0.15) is 0 Å². The van der Waals surface area contributed by atoms with Crippen molar-refractivity contribution in [1.29, 1.82) is 0 Å². The molecule has 1 aliphatic rings. The van der Waals surface area contributed by atoms with Gasteiger partial charge < -0.3 is 5.11 Å². The maximum atomic E-state index is 10.8. The number of carbonyl (C=O) groups excluding carboxylic acids is 1. The molecule has 0 heterocycles. The molecule has 0 saturated heterocycles. The topological polar surface area (TPSA) is 37.3 Å². The van der Waals surface area contributed by atoms with Gasteiger partial charge >= 0.3 is 29.6 Å². The summed E-state index contributed by atoms with van der Waals surface area (Å²) in [5.74, 6) is 0.0133. The van der Waals surface area contributed by atoms with E-state index in [9.17, 15) is 4.79 Å². The number of aliphatic hydroxyl groups excluding tert-OH is 1. The van der Waals surface area contributed by atoms with Crippen molar-refractivity contribution in [3.63, 3.8) is 0 Å². The zero-order valence-corrected chi connectivity index (χ0v) is 6.55. The van der Waals surface area contributed by atoms with Crippen molar-refractivity contribution in [2.45, 2.75) is 39.2 Å². The molecule has 1 rings (SSSR count). The number of rotatable bonds is 0. The number of hydrogen-bond acceptors (Lipinski definition) is 2. The van der Waals surface area contributed by atoms with Gasteiger partial charge in [-0.3, -0.25) is 4.79 Å². The van der Waals surface area contributed by atoms with Gasteiger partial charge in [-0.25, -0.2) is 0 Å². The molecule has 0 aromatic carbocycles. The fraction of sp³-hybridized carbons (Fsp3) is 0.875. The standard InChI is InChI=1S/C8H14O2.Na.H/c1-8(2)4-3-6(9)7(10)5-8;;/h7,10H,3-5H2,1-2H3;;. The molecule has 1 N–H and O–H groups in total. The number of hydrogen-bond donors (Lipinski definition) is 1. The summed E-state index contributed by atoms with van der Waals surface area (Å²) < 4.78 is 0. The Morgan fingerprint density at radius 3 is 2.45 bits per heavy atom. The molecule has 0 aromatic heterocycles. The molecule has 0 spiro atoms. The summed E-state index contributed by atoms with van der Waals surface area (Å²) in [6.45, 7) is 4.17. The summed E-state index contributed by atoms with van der Waals surface area (Å²) in [4.78, 5) is 10.8. The second-order valence-electron chi connectivity index (χ2n) is 3.85. The Balaban J connectivity index is 0.000001000. The number of carbonyl (C=O) groups is 1. The van der Waals surface area contributed by atoms with E-state index >= 15 is 0 Å². The molecule has 0 aromatic rings. The number of Topliss-reactive ketones (excluding diaryl/α,β-unsaturated/α-hetero) is 1.